The predicted octanol–water partition coefficient (Wildman–Crippen LogP) is 3.64. The van der Waals surface area contributed by atoms with Gasteiger partial charge in [-0.25, -0.2) is 0 Å². The Morgan fingerprint density at radius 2 is 1.61 bits per heavy atom. The normalized spacial score (nSPS) is 20.8. The Hall–Kier alpha value is -0.960. The largest absolute Gasteiger partial charge is 0.460 e. The molecule has 1 atom stereocenters. The number of hydrogen-bond donors (Lipinski definition) is 1. The van der Waals surface area contributed by atoms with E-state index in [0.717, 1.165) is 43.6 Å². The van der Waals surface area contributed by atoms with Crippen LogP contribution in [0.3, 0.4) is 0 Å². The van der Waals surface area contributed by atoms with Gasteiger partial charge in [-0.2, -0.15) is 0 Å². The number of rotatable bonds is 7. The molecule has 0 fully saturated rings. The maximum Gasteiger partial charge on any atom is 0.240 e. The summed E-state index contributed by atoms with van der Waals surface area (Å²) in [4.78, 5) is 0. The lowest BCUT2D eigenvalue weighted by molar-refractivity contribution is -0.0975. The molecule has 18 heavy (non-hydrogen) atoms. The van der Waals surface area contributed by atoms with E-state index in [2.05, 4.69) is 12.2 Å². The molecule has 0 spiro atoms. The highest BCUT2D eigenvalue weighted by Gasteiger charge is 2.18. The van der Waals surface area contributed by atoms with Gasteiger partial charge in [0.2, 0.25) is 6.29 Å². The molecule has 0 heterocycles. The van der Waals surface area contributed by atoms with Crippen molar-refractivity contribution in [1.82, 2.24) is 0 Å². The first-order valence-electron chi connectivity index (χ1n) is 7.13. The minimum Gasteiger partial charge on any atom is -0.460 e. The summed E-state index contributed by atoms with van der Waals surface area (Å²) in [7, 11) is 0. The number of aliphatic hydroxyl groups excluding tert-OH is 1. The Labute approximate surface area is 109 Å². The van der Waals surface area contributed by atoms with Gasteiger partial charge in [0.25, 0.3) is 0 Å². The molecule has 0 bridgehead atoms. The average Bonchev–Trinajstić information content (AvgIpc) is 2.98. The molecule has 0 saturated carbocycles. The van der Waals surface area contributed by atoms with Crippen LogP contribution in [-0.2, 0) is 9.47 Å². The molecule has 102 valence electrons. The average molecular weight is 252 g/mol. The van der Waals surface area contributed by atoms with Crippen LogP contribution in [-0.4, -0.2) is 17.5 Å². The molecule has 1 N–H and O–H groups in total. The smallest absolute Gasteiger partial charge is 0.240 e. The summed E-state index contributed by atoms with van der Waals surface area (Å²) in [6, 6.07) is 0. The predicted molar refractivity (Wildman–Crippen MR) is 70.7 cm³/mol. The summed E-state index contributed by atoms with van der Waals surface area (Å²) < 4.78 is 11.8. The van der Waals surface area contributed by atoms with Gasteiger partial charge in [-0.15, -0.1) is 0 Å². The standard InChI is InChI=1S/C15H24O3/c1-12(16)10-11-15(17-13-6-2-3-7-13)18-14-8-4-5-9-14/h6,8,12,15-16H,2-5,7,9-11H2,1H3. The summed E-state index contributed by atoms with van der Waals surface area (Å²) in [5.74, 6) is 2.12. The maximum atomic E-state index is 9.38. The first-order valence-corrected chi connectivity index (χ1v) is 7.13. The number of allylic oxidation sites excluding steroid dienone is 4. The van der Waals surface area contributed by atoms with Gasteiger partial charge < -0.3 is 14.6 Å². The third kappa shape index (κ3) is 4.37. The van der Waals surface area contributed by atoms with Gasteiger partial charge >= 0.3 is 0 Å². The van der Waals surface area contributed by atoms with E-state index >= 15 is 0 Å². The lowest BCUT2D eigenvalue weighted by Crippen LogP contribution is -2.18. The molecule has 3 nitrogen and oxygen atoms in total. The van der Waals surface area contributed by atoms with E-state index in [9.17, 15) is 5.11 Å². The van der Waals surface area contributed by atoms with E-state index in [-0.39, 0.29) is 12.4 Å². The third-order valence-electron chi connectivity index (χ3n) is 3.38. The van der Waals surface area contributed by atoms with E-state index in [1.165, 1.54) is 12.8 Å². The van der Waals surface area contributed by atoms with Gasteiger partial charge in [-0.3, -0.25) is 0 Å². The molecule has 1 unspecified atom stereocenters. The molecular weight excluding hydrogens is 228 g/mol. The first-order chi connectivity index (χ1) is 8.74. The highest BCUT2D eigenvalue weighted by molar-refractivity contribution is 5.02. The van der Waals surface area contributed by atoms with Crippen molar-refractivity contribution in [2.45, 2.75) is 70.7 Å². The molecule has 0 saturated heterocycles. The van der Waals surface area contributed by atoms with Gasteiger partial charge in [0.1, 0.15) is 0 Å². The molecule has 3 heteroatoms. The maximum absolute atomic E-state index is 9.38. The topological polar surface area (TPSA) is 38.7 Å². The molecule has 0 aliphatic heterocycles. The molecule has 0 aromatic heterocycles. The summed E-state index contributed by atoms with van der Waals surface area (Å²) in [6.07, 6.45) is 11.9. The van der Waals surface area contributed by atoms with Crippen molar-refractivity contribution in [3.05, 3.63) is 23.7 Å². The molecule has 0 amide bonds. The van der Waals surface area contributed by atoms with Crippen LogP contribution in [0.15, 0.2) is 23.7 Å². The van der Waals surface area contributed by atoms with Crippen molar-refractivity contribution in [2.24, 2.45) is 0 Å². The second kappa shape index (κ2) is 6.83. The first kappa shape index (κ1) is 13.5. The van der Waals surface area contributed by atoms with Crippen LogP contribution in [0.5, 0.6) is 0 Å². The van der Waals surface area contributed by atoms with Crippen LogP contribution in [0.25, 0.3) is 0 Å². The summed E-state index contributed by atoms with van der Waals surface area (Å²) in [6.45, 7) is 1.81. The van der Waals surface area contributed by atoms with Crippen molar-refractivity contribution < 1.29 is 14.6 Å². The summed E-state index contributed by atoms with van der Waals surface area (Å²) >= 11 is 0. The van der Waals surface area contributed by atoms with Crippen LogP contribution in [0.2, 0.25) is 0 Å². The minimum absolute atomic E-state index is 0.228. The van der Waals surface area contributed by atoms with Gasteiger partial charge in [0, 0.05) is 19.3 Å². The summed E-state index contributed by atoms with van der Waals surface area (Å²) in [5.41, 5.74) is 0. The number of ether oxygens (including phenoxy) is 2. The Kier molecular flexibility index (Phi) is 5.12. The molecule has 0 radical (unpaired) electrons. The zero-order chi connectivity index (χ0) is 12.8. The number of aliphatic hydroxyl groups is 1. The van der Waals surface area contributed by atoms with E-state index in [1.807, 2.05) is 0 Å². The fourth-order valence-corrected chi connectivity index (χ4v) is 2.35. The Bertz CT molecular complexity index is 292. The highest BCUT2D eigenvalue weighted by atomic mass is 16.7. The molecule has 2 aliphatic rings. The Morgan fingerprint density at radius 1 is 1.06 bits per heavy atom. The minimum atomic E-state index is -0.296. The Balaban J connectivity index is 1.84. The van der Waals surface area contributed by atoms with Crippen LogP contribution < -0.4 is 0 Å². The van der Waals surface area contributed by atoms with Crippen LogP contribution in [0, 0.1) is 0 Å². The molecule has 2 aliphatic carbocycles. The number of hydrogen-bond acceptors (Lipinski definition) is 3. The second-order valence-electron chi connectivity index (χ2n) is 5.22. The van der Waals surface area contributed by atoms with Crippen molar-refractivity contribution in [2.75, 3.05) is 0 Å². The zero-order valence-electron chi connectivity index (χ0n) is 11.2. The van der Waals surface area contributed by atoms with Gasteiger partial charge in [-0.05, 0) is 51.2 Å². The third-order valence-corrected chi connectivity index (χ3v) is 3.38. The van der Waals surface area contributed by atoms with Gasteiger partial charge in [-0.1, -0.05) is 0 Å². The van der Waals surface area contributed by atoms with E-state index in [0.29, 0.717) is 6.42 Å². The lowest BCUT2D eigenvalue weighted by Gasteiger charge is -2.22. The second-order valence-corrected chi connectivity index (χ2v) is 5.22. The highest BCUT2D eigenvalue weighted by Crippen LogP contribution is 2.26. The van der Waals surface area contributed by atoms with Crippen molar-refractivity contribution in [1.29, 1.82) is 0 Å². The monoisotopic (exact) mass is 252 g/mol. The van der Waals surface area contributed by atoms with Crippen molar-refractivity contribution in [3.63, 3.8) is 0 Å². The van der Waals surface area contributed by atoms with Crippen molar-refractivity contribution >= 4 is 0 Å². The summed E-state index contributed by atoms with van der Waals surface area (Å²) in [5, 5.41) is 9.38. The van der Waals surface area contributed by atoms with Gasteiger partial charge in [0.05, 0.1) is 17.6 Å². The molecular formula is C15H24O3. The zero-order valence-corrected chi connectivity index (χ0v) is 11.2. The van der Waals surface area contributed by atoms with E-state index in [1.54, 1.807) is 6.92 Å². The SMILES string of the molecule is CC(O)CCC(OC1=CCCC1)OC1=CCCC1. The van der Waals surface area contributed by atoms with Gasteiger partial charge in [0.15, 0.2) is 0 Å². The van der Waals surface area contributed by atoms with Crippen LogP contribution in [0.4, 0.5) is 0 Å². The van der Waals surface area contributed by atoms with E-state index in [4.69, 9.17) is 9.47 Å². The Morgan fingerprint density at radius 3 is 2.00 bits per heavy atom. The van der Waals surface area contributed by atoms with Crippen LogP contribution in [0.1, 0.15) is 58.3 Å². The van der Waals surface area contributed by atoms with Crippen LogP contribution >= 0.6 is 0 Å². The molecule has 0 aromatic carbocycles. The van der Waals surface area contributed by atoms with Crippen molar-refractivity contribution in [3.8, 4) is 0 Å². The lowest BCUT2D eigenvalue weighted by atomic mass is 10.2. The fraction of sp³-hybridized carbons (Fsp3) is 0.733. The fourth-order valence-electron chi connectivity index (χ4n) is 2.35. The molecule has 0 aromatic rings. The molecule has 2 rings (SSSR count). The quantitative estimate of drug-likeness (QED) is 0.703. The van der Waals surface area contributed by atoms with E-state index < -0.39 is 0 Å².